The molecule has 0 fully saturated rings. The molecular weight excluding hydrogens is 434 g/mol. The lowest BCUT2D eigenvalue weighted by Gasteiger charge is -2.19. The van der Waals surface area contributed by atoms with Crippen molar-refractivity contribution in [1.29, 1.82) is 0 Å². The van der Waals surface area contributed by atoms with E-state index in [0.29, 0.717) is 32.4 Å². The first kappa shape index (κ1) is 26.4. The van der Waals surface area contributed by atoms with E-state index >= 15 is 0 Å². The van der Waals surface area contributed by atoms with Crippen molar-refractivity contribution < 1.29 is 19.5 Å². The predicted octanol–water partition coefficient (Wildman–Crippen LogP) is 1.81. The SMILES string of the molecule is NC(N)=NCCCCNC(=O)[C@@H](Cc1ccc(-c2ccccc2)cc1)NC(=O)CCCC(=O)O. The fourth-order valence-electron chi connectivity index (χ4n) is 3.36. The van der Waals surface area contributed by atoms with Gasteiger partial charge in [0.1, 0.15) is 6.04 Å². The third-order valence-electron chi connectivity index (χ3n) is 5.13. The third-order valence-corrected chi connectivity index (χ3v) is 5.13. The fourth-order valence-corrected chi connectivity index (χ4v) is 3.36. The Morgan fingerprint density at radius 1 is 0.882 bits per heavy atom. The first-order valence-electron chi connectivity index (χ1n) is 11.3. The highest BCUT2D eigenvalue weighted by atomic mass is 16.4. The minimum absolute atomic E-state index is 0.0352. The number of carboxylic acid groups (broad SMARTS) is 1. The van der Waals surface area contributed by atoms with Crippen LogP contribution < -0.4 is 22.1 Å². The summed E-state index contributed by atoms with van der Waals surface area (Å²) in [7, 11) is 0. The van der Waals surface area contributed by atoms with Crippen molar-refractivity contribution in [3.05, 3.63) is 60.2 Å². The smallest absolute Gasteiger partial charge is 0.303 e. The minimum atomic E-state index is -0.957. The van der Waals surface area contributed by atoms with Crippen LogP contribution in [0.3, 0.4) is 0 Å². The van der Waals surface area contributed by atoms with Gasteiger partial charge in [0.05, 0.1) is 0 Å². The quantitative estimate of drug-likeness (QED) is 0.162. The number of nitrogens with zero attached hydrogens (tertiary/aromatic N) is 1. The number of rotatable bonds is 14. The molecular formula is C25H33N5O4. The van der Waals surface area contributed by atoms with Gasteiger partial charge in [-0.05, 0) is 36.0 Å². The van der Waals surface area contributed by atoms with Gasteiger partial charge in [-0.2, -0.15) is 0 Å². The van der Waals surface area contributed by atoms with Crippen LogP contribution >= 0.6 is 0 Å². The summed E-state index contributed by atoms with van der Waals surface area (Å²) in [6, 6.07) is 17.0. The molecule has 9 nitrogen and oxygen atoms in total. The molecule has 0 spiro atoms. The Kier molecular flexibility index (Phi) is 11.1. The summed E-state index contributed by atoms with van der Waals surface area (Å²) in [6.07, 6.45) is 1.88. The summed E-state index contributed by atoms with van der Waals surface area (Å²) in [6.45, 7) is 0.910. The van der Waals surface area contributed by atoms with Gasteiger partial charge in [-0.1, -0.05) is 54.6 Å². The molecule has 0 radical (unpaired) electrons. The van der Waals surface area contributed by atoms with Crippen LogP contribution in [0.25, 0.3) is 11.1 Å². The van der Waals surface area contributed by atoms with Crippen LogP contribution in [0.4, 0.5) is 0 Å². The topological polar surface area (TPSA) is 160 Å². The van der Waals surface area contributed by atoms with E-state index in [1.165, 1.54) is 0 Å². The number of aliphatic carboxylic acids is 1. The van der Waals surface area contributed by atoms with Gasteiger partial charge in [-0.3, -0.25) is 19.4 Å². The maximum Gasteiger partial charge on any atom is 0.303 e. The highest BCUT2D eigenvalue weighted by molar-refractivity contribution is 5.88. The van der Waals surface area contributed by atoms with Crippen molar-refractivity contribution in [3.63, 3.8) is 0 Å². The zero-order valence-electron chi connectivity index (χ0n) is 19.2. The lowest BCUT2D eigenvalue weighted by molar-refractivity contribution is -0.137. The molecule has 0 unspecified atom stereocenters. The maximum atomic E-state index is 12.8. The summed E-state index contributed by atoms with van der Waals surface area (Å²) in [5.41, 5.74) is 13.6. The Morgan fingerprint density at radius 3 is 2.21 bits per heavy atom. The molecule has 7 N–H and O–H groups in total. The second-order valence-corrected chi connectivity index (χ2v) is 7.94. The molecule has 0 aliphatic heterocycles. The number of nitrogens with two attached hydrogens (primary N) is 2. The molecule has 2 aromatic rings. The Bertz CT molecular complexity index is 957. The predicted molar refractivity (Wildman–Crippen MR) is 132 cm³/mol. The lowest BCUT2D eigenvalue weighted by Crippen LogP contribution is -2.48. The fraction of sp³-hybridized carbons (Fsp3) is 0.360. The van der Waals surface area contributed by atoms with Gasteiger partial charge in [-0.15, -0.1) is 0 Å². The number of hydrogen-bond donors (Lipinski definition) is 5. The number of guanidine groups is 1. The standard InChI is InChI=1S/C25H33N5O4/c26-25(27)29-16-5-4-15-28-24(34)21(30-22(31)9-6-10-23(32)33)17-18-11-13-20(14-12-18)19-7-2-1-3-8-19/h1-3,7-8,11-14,21H,4-6,9-10,15-17H2,(H,28,34)(H,30,31)(H,32,33)(H4,26,27,29)/t21-/m1/s1. The van der Waals surface area contributed by atoms with Crippen molar-refractivity contribution in [2.24, 2.45) is 16.5 Å². The first-order valence-corrected chi connectivity index (χ1v) is 11.3. The number of nitrogens with one attached hydrogen (secondary N) is 2. The summed E-state index contributed by atoms with van der Waals surface area (Å²) < 4.78 is 0. The van der Waals surface area contributed by atoms with Crippen molar-refractivity contribution in [1.82, 2.24) is 10.6 Å². The Balaban J connectivity index is 1.98. The van der Waals surface area contributed by atoms with E-state index in [4.69, 9.17) is 16.6 Å². The van der Waals surface area contributed by atoms with Gasteiger partial charge in [0.15, 0.2) is 5.96 Å². The van der Waals surface area contributed by atoms with Gasteiger partial charge in [0.2, 0.25) is 11.8 Å². The van der Waals surface area contributed by atoms with Crippen molar-refractivity contribution in [2.75, 3.05) is 13.1 Å². The second kappa shape index (κ2) is 14.3. The normalized spacial score (nSPS) is 11.3. The molecule has 0 aliphatic rings. The number of carbonyl (C=O) groups excluding carboxylic acids is 2. The molecule has 1 atom stereocenters. The van der Waals surface area contributed by atoms with E-state index in [0.717, 1.165) is 16.7 Å². The molecule has 0 saturated heterocycles. The third kappa shape index (κ3) is 10.2. The van der Waals surface area contributed by atoms with E-state index in [1.54, 1.807) is 0 Å². The second-order valence-electron chi connectivity index (χ2n) is 7.94. The molecule has 2 aromatic carbocycles. The molecule has 0 aromatic heterocycles. The van der Waals surface area contributed by atoms with Crippen molar-refractivity contribution in [2.45, 2.75) is 44.6 Å². The van der Waals surface area contributed by atoms with Gasteiger partial charge in [-0.25, -0.2) is 0 Å². The number of carboxylic acids is 1. The monoisotopic (exact) mass is 467 g/mol. The number of hydrogen-bond acceptors (Lipinski definition) is 4. The summed E-state index contributed by atoms with van der Waals surface area (Å²) in [5, 5.41) is 14.4. The van der Waals surface area contributed by atoms with Crippen LogP contribution in [0.1, 0.15) is 37.7 Å². The van der Waals surface area contributed by atoms with Gasteiger partial charge in [0, 0.05) is 32.4 Å². The van der Waals surface area contributed by atoms with E-state index in [-0.39, 0.29) is 37.0 Å². The number of unbranched alkanes of at least 4 members (excludes halogenated alkanes) is 1. The number of benzene rings is 2. The number of aliphatic imine (C=N–C) groups is 1. The highest BCUT2D eigenvalue weighted by Gasteiger charge is 2.21. The zero-order chi connectivity index (χ0) is 24.8. The number of amides is 2. The van der Waals surface area contributed by atoms with E-state index in [2.05, 4.69) is 15.6 Å². The number of carbonyl (C=O) groups is 3. The maximum absolute atomic E-state index is 12.8. The van der Waals surface area contributed by atoms with Crippen LogP contribution in [0.2, 0.25) is 0 Å². The molecule has 2 amide bonds. The van der Waals surface area contributed by atoms with Crippen LogP contribution in [0.5, 0.6) is 0 Å². The molecule has 182 valence electrons. The Labute approximate surface area is 199 Å². The molecule has 2 rings (SSSR count). The molecule has 0 heterocycles. The molecule has 9 heteroatoms. The molecule has 0 aliphatic carbocycles. The average molecular weight is 468 g/mol. The zero-order valence-corrected chi connectivity index (χ0v) is 19.2. The first-order chi connectivity index (χ1) is 16.3. The molecule has 0 saturated carbocycles. The Hall–Kier alpha value is -3.88. The average Bonchev–Trinajstić information content (AvgIpc) is 2.81. The van der Waals surface area contributed by atoms with E-state index < -0.39 is 12.0 Å². The van der Waals surface area contributed by atoms with E-state index in [9.17, 15) is 14.4 Å². The van der Waals surface area contributed by atoms with Crippen molar-refractivity contribution in [3.8, 4) is 11.1 Å². The highest BCUT2D eigenvalue weighted by Crippen LogP contribution is 2.19. The lowest BCUT2D eigenvalue weighted by atomic mass is 10.00. The van der Waals surface area contributed by atoms with E-state index in [1.807, 2.05) is 54.6 Å². The van der Waals surface area contributed by atoms with Gasteiger partial charge >= 0.3 is 5.97 Å². The summed E-state index contributed by atoms with van der Waals surface area (Å²) >= 11 is 0. The van der Waals surface area contributed by atoms with Crippen LogP contribution in [-0.2, 0) is 20.8 Å². The summed E-state index contributed by atoms with van der Waals surface area (Å²) in [5.74, 6) is -1.56. The Morgan fingerprint density at radius 2 is 1.56 bits per heavy atom. The summed E-state index contributed by atoms with van der Waals surface area (Å²) in [4.78, 5) is 39.7. The van der Waals surface area contributed by atoms with Crippen LogP contribution in [0, 0.1) is 0 Å². The van der Waals surface area contributed by atoms with Crippen LogP contribution in [0.15, 0.2) is 59.6 Å². The largest absolute Gasteiger partial charge is 0.481 e. The van der Waals surface area contributed by atoms with Gasteiger partial charge < -0.3 is 27.2 Å². The molecule has 34 heavy (non-hydrogen) atoms. The van der Waals surface area contributed by atoms with Crippen molar-refractivity contribution >= 4 is 23.7 Å². The molecule has 0 bridgehead atoms. The van der Waals surface area contributed by atoms with Gasteiger partial charge in [0.25, 0.3) is 0 Å². The van der Waals surface area contributed by atoms with Crippen LogP contribution in [-0.4, -0.2) is 48.0 Å². The minimum Gasteiger partial charge on any atom is -0.481 e.